The van der Waals surface area contributed by atoms with Crippen molar-refractivity contribution in [2.75, 3.05) is 6.54 Å². The van der Waals surface area contributed by atoms with Gasteiger partial charge in [0.05, 0.1) is 12.6 Å². The Morgan fingerprint density at radius 3 is 2.62 bits per heavy atom. The van der Waals surface area contributed by atoms with Gasteiger partial charge in [0.1, 0.15) is 5.01 Å². The molecule has 1 aromatic heterocycles. The van der Waals surface area contributed by atoms with E-state index in [4.69, 9.17) is 0 Å². The molecule has 0 aliphatic rings. The van der Waals surface area contributed by atoms with E-state index in [-0.39, 0.29) is 12.6 Å². The molecule has 2 amide bonds. The van der Waals surface area contributed by atoms with E-state index in [1.165, 1.54) is 11.3 Å². The van der Waals surface area contributed by atoms with Crippen molar-refractivity contribution in [2.24, 2.45) is 0 Å². The summed E-state index contributed by atoms with van der Waals surface area (Å²) in [5, 5.41) is 18.2. The van der Waals surface area contributed by atoms with E-state index in [2.05, 4.69) is 15.6 Å². The highest BCUT2D eigenvalue weighted by atomic mass is 32.1. The molecular weight excluding hydrogens is 286 g/mol. The average Bonchev–Trinajstić information content (AvgIpc) is 2.89. The van der Waals surface area contributed by atoms with Gasteiger partial charge in [-0.25, -0.2) is 9.78 Å². The number of thiazole rings is 1. The van der Waals surface area contributed by atoms with Gasteiger partial charge < -0.3 is 15.7 Å². The molecule has 0 fully saturated rings. The van der Waals surface area contributed by atoms with Crippen molar-refractivity contribution in [3.8, 4) is 0 Å². The Morgan fingerprint density at radius 2 is 2.00 bits per heavy atom. The monoisotopic (exact) mass is 305 g/mol. The van der Waals surface area contributed by atoms with Crippen LogP contribution < -0.4 is 10.6 Å². The molecule has 5 nitrogen and oxygen atoms in total. The number of nitrogens with zero attached hydrogens (tertiary/aromatic N) is 1. The van der Waals surface area contributed by atoms with Gasteiger partial charge in [-0.15, -0.1) is 11.3 Å². The van der Waals surface area contributed by atoms with Gasteiger partial charge in [0.2, 0.25) is 0 Å². The summed E-state index contributed by atoms with van der Waals surface area (Å²) in [6.07, 6.45) is -0.710. The summed E-state index contributed by atoms with van der Waals surface area (Å²) in [6.45, 7) is 4.47. The summed E-state index contributed by atoms with van der Waals surface area (Å²) in [5.41, 5.74) is 2.87. The summed E-state index contributed by atoms with van der Waals surface area (Å²) in [7, 11) is 0. The Balaban J connectivity index is 1.74. The number of rotatable bonds is 5. The number of carbonyl (C=O) groups is 1. The third kappa shape index (κ3) is 4.84. The standard InChI is InChI=1S/C15H19N3O2S/c1-10-3-5-12(6-4-10)13(19)7-16-15(20)17-8-14-18-11(2)9-21-14/h3-6,9,13,19H,7-8H2,1-2H3,(H2,16,17,20)/t13-/m1/s1. The van der Waals surface area contributed by atoms with E-state index in [0.29, 0.717) is 6.54 Å². The van der Waals surface area contributed by atoms with Gasteiger partial charge >= 0.3 is 6.03 Å². The average molecular weight is 305 g/mol. The van der Waals surface area contributed by atoms with E-state index >= 15 is 0 Å². The molecule has 1 aromatic carbocycles. The quantitative estimate of drug-likeness (QED) is 0.793. The van der Waals surface area contributed by atoms with Crippen molar-refractivity contribution in [3.05, 3.63) is 51.5 Å². The molecule has 0 spiro atoms. The van der Waals surface area contributed by atoms with Crippen LogP contribution in [0.2, 0.25) is 0 Å². The number of hydrogen-bond acceptors (Lipinski definition) is 4. The molecule has 112 valence electrons. The zero-order chi connectivity index (χ0) is 15.2. The van der Waals surface area contributed by atoms with Crippen LogP contribution >= 0.6 is 11.3 Å². The molecular formula is C15H19N3O2S. The lowest BCUT2D eigenvalue weighted by atomic mass is 10.1. The first-order chi connectivity index (χ1) is 10.0. The van der Waals surface area contributed by atoms with Crippen LogP contribution in [0.5, 0.6) is 0 Å². The smallest absolute Gasteiger partial charge is 0.315 e. The number of aliphatic hydroxyl groups excluding tert-OH is 1. The van der Waals surface area contributed by atoms with Gasteiger partial charge in [0, 0.05) is 17.6 Å². The minimum absolute atomic E-state index is 0.172. The third-order valence-electron chi connectivity index (χ3n) is 2.98. The number of benzene rings is 1. The Hall–Kier alpha value is -1.92. The number of hydrogen-bond donors (Lipinski definition) is 3. The summed E-state index contributed by atoms with van der Waals surface area (Å²) in [6, 6.07) is 7.27. The maximum Gasteiger partial charge on any atom is 0.315 e. The predicted octanol–water partition coefficient (Wildman–Crippen LogP) is 2.29. The van der Waals surface area contributed by atoms with Crippen LogP contribution in [0.25, 0.3) is 0 Å². The predicted molar refractivity (Wildman–Crippen MR) is 83.2 cm³/mol. The Morgan fingerprint density at radius 1 is 1.29 bits per heavy atom. The lowest BCUT2D eigenvalue weighted by Crippen LogP contribution is -2.37. The minimum Gasteiger partial charge on any atom is -0.387 e. The number of urea groups is 1. The highest BCUT2D eigenvalue weighted by Gasteiger charge is 2.09. The summed E-state index contributed by atoms with van der Waals surface area (Å²) in [5.74, 6) is 0. The molecule has 6 heteroatoms. The van der Waals surface area contributed by atoms with Crippen LogP contribution in [0.4, 0.5) is 4.79 Å². The largest absolute Gasteiger partial charge is 0.387 e. The van der Waals surface area contributed by atoms with Gasteiger partial charge in [-0.05, 0) is 19.4 Å². The fraction of sp³-hybridized carbons (Fsp3) is 0.333. The lowest BCUT2D eigenvalue weighted by molar-refractivity contribution is 0.173. The molecule has 0 saturated heterocycles. The van der Waals surface area contributed by atoms with E-state index in [0.717, 1.165) is 21.8 Å². The first-order valence-electron chi connectivity index (χ1n) is 6.72. The number of carbonyl (C=O) groups excluding carboxylic acids is 1. The molecule has 3 N–H and O–H groups in total. The van der Waals surface area contributed by atoms with E-state index in [1.54, 1.807) is 0 Å². The maximum atomic E-state index is 11.7. The molecule has 0 bridgehead atoms. The van der Waals surface area contributed by atoms with E-state index in [9.17, 15) is 9.90 Å². The second kappa shape index (κ2) is 7.19. The molecule has 0 aliphatic heterocycles. The van der Waals surface area contributed by atoms with Crippen LogP contribution in [0.15, 0.2) is 29.6 Å². The maximum absolute atomic E-state index is 11.7. The highest BCUT2D eigenvalue weighted by Crippen LogP contribution is 2.12. The zero-order valence-electron chi connectivity index (χ0n) is 12.1. The SMILES string of the molecule is Cc1ccc([C@H](O)CNC(=O)NCc2nc(C)cs2)cc1. The van der Waals surface area contributed by atoms with Crippen molar-refractivity contribution in [2.45, 2.75) is 26.5 Å². The Bertz CT molecular complexity index is 595. The van der Waals surface area contributed by atoms with Crippen molar-refractivity contribution >= 4 is 17.4 Å². The number of aromatic nitrogens is 1. The molecule has 21 heavy (non-hydrogen) atoms. The van der Waals surface area contributed by atoms with Crippen LogP contribution in [0, 0.1) is 13.8 Å². The van der Waals surface area contributed by atoms with Crippen LogP contribution in [-0.4, -0.2) is 22.7 Å². The summed E-state index contributed by atoms with van der Waals surface area (Å²) < 4.78 is 0. The Labute approximate surface area is 128 Å². The number of aryl methyl sites for hydroxylation is 2. The molecule has 1 atom stereocenters. The molecule has 0 unspecified atom stereocenters. The normalized spacial score (nSPS) is 12.0. The number of amides is 2. The first kappa shape index (κ1) is 15.5. The summed E-state index contributed by atoms with van der Waals surface area (Å²) in [4.78, 5) is 15.9. The molecule has 1 heterocycles. The topological polar surface area (TPSA) is 74.2 Å². The molecule has 0 radical (unpaired) electrons. The third-order valence-corrected chi connectivity index (χ3v) is 3.95. The highest BCUT2D eigenvalue weighted by molar-refractivity contribution is 7.09. The molecule has 0 saturated carbocycles. The lowest BCUT2D eigenvalue weighted by Gasteiger charge is -2.13. The van der Waals surface area contributed by atoms with Crippen LogP contribution in [0.1, 0.15) is 27.9 Å². The van der Waals surface area contributed by atoms with Crippen LogP contribution in [0.3, 0.4) is 0 Å². The second-order valence-electron chi connectivity index (χ2n) is 4.87. The van der Waals surface area contributed by atoms with Crippen LogP contribution in [-0.2, 0) is 6.54 Å². The second-order valence-corrected chi connectivity index (χ2v) is 5.82. The van der Waals surface area contributed by atoms with Crippen molar-refractivity contribution < 1.29 is 9.90 Å². The van der Waals surface area contributed by atoms with Gasteiger partial charge in [-0.3, -0.25) is 0 Å². The van der Waals surface area contributed by atoms with Gasteiger partial charge in [0.25, 0.3) is 0 Å². The van der Waals surface area contributed by atoms with E-state index in [1.807, 2.05) is 43.5 Å². The van der Waals surface area contributed by atoms with Gasteiger partial charge in [-0.2, -0.15) is 0 Å². The van der Waals surface area contributed by atoms with Gasteiger partial charge in [0.15, 0.2) is 0 Å². The summed E-state index contributed by atoms with van der Waals surface area (Å²) >= 11 is 1.51. The first-order valence-corrected chi connectivity index (χ1v) is 7.60. The molecule has 0 aliphatic carbocycles. The fourth-order valence-electron chi connectivity index (χ4n) is 1.80. The number of nitrogens with one attached hydrogen (secondary N) is 2. The molecule has 2 aromatic rings. The van der Waals surface area contributed by atoms with Crippen molar-refractivity contribution in [1.82, 2.24) is 15.6 Å². The number of aliphatic hydroxyl groups is 1. The van der Waals surface area contributed by atoms with Crippen molar-refractivity contribution in [1.29, 1.82) is 0 Å². The van der Waals surface area contributed by atoms with E-state index < -0.39 is 6.10 Å². The van der Waals surface area contributed by atoms with Crippen molar-refractivity contribution in [3.63, 3.8) is 0 Å². The molecule has 2 rings (SSSR count). The Kier molecular flexibility index (Phi) is 5.30. The zero-order valence-corrected chi connectivity index (χ0v) is 12.9. The minimum atomic E-state index is -0.710. The fourth-order valence-corrected chi connectivity index (χ4v) is 2.51. The van der Waals surface area contributed by atoms with Gasteiger partial charge in [-0.1, -0.05) is 29.8 Å².